The van der Waals surface area contributed by atoms with Gasteiger partial charge in [-0.25, -0.2) is 4.79 Å². The van der Waals surface area contributed by atoms with Crippen molar-refractivity contribution in [2.75, 3.05) is 12.3 Å². The maximum Gasteiger partial charge on any atom is 0.335 e. The van der Waals surface area contributed by atoms with E-state index in [1.54, 1.807) is 0 Å². The van der Waals surface area contributed by atoms with Crippen molar-refractivity contribution in [3.63, 3.8) is 0 Å². The summed E-state index contributed by atoms with van der Waals surface area (Å²) in [7, 11) is 0. The SMILES string of the molecule is CCOc1cc(C(=O)O)cc(N)c1Cc1ccccc1. The first-order chi connectivity index (χ1) is 9.61. The van der Waals surface area contributed by atoms with Crippen LogP contribution in [-0.2, 0) is 6.42 Å². The smallest absolute Gasteiger partial charge is 0.335 e. The van der Waals surface area contributed by atoms with E-state index in [-0.39, 0.29) is 5.56 Å². The molecule has 0 aromatic heterocycles. The second-order valence-electron chi connectivity index (χ2n) is 4.44. The van der Waals surface area contributed by atoms with Crippen molar-refractivity contribution >= 4 is 11.7 Å². The predicted molar refractivity (Wildman–Crippen MR) is 78.2 cm³/mol. The lowest BCUT2D eigenvalue weighted by molar-refractivity contribution is 0.0696. The van der Waals surface area contributed by atoms with Gasteiger partial charge in [0.15, 0.2) is 0 Å². The van der Waals surface area contributed by atoms with Crippen LogP contribution in [-0.4, -0.2) is 17.7 Å². The molecule has 0 amide bonds. The number of ether oxygens (including phenoxy) is 1. The van der Waals surface area contributed by atoms with Crippen molar-refractivity contribution in [3.8, 4) is 5.75 Å². The first-order valence-corrected chi connectivity index (χ1v) is 6.44. The maximum atomic E-state index is 11.1. The van der Waals surface area contributed by atoms with Gasteiger partial charge in [0.1, 0.15) is 5.75 Å². The zero-order valence-corrected chi connectivity index (χ0v) is 11.3. The van der Waals surface area contributed by atoms with Crippen LogP contribution in [0.25, 0.3) is 0 Å². The van der Waals surface area contributed by atoms with Crippen molar-refractivity contribution in [1.82, 2.24) is 0 Å². The number of carbonyl (C=O) groups is 1. The Bertz CT molecular complexity index is 609. The highest BCUT2D eigenvalue weighted by atomic mass is 16.5. The van der Waals surface area contributed by atoms with Crippen molar-refractivity contribution < 1.29 is 14.6 Å². The third kappa shape index (κ3) is 3.09. The fourth-order valence-corrected chi connectivity index (χ4v) is 2.06. The van der Waals surface area contributed by atoms with Crippen LogP contribution in [0.15, 0.2) is 42.5 Å². The van der Waals surface area contributed by atoms with Gasteiger partial charge in [0, 0.05) is 17.7 Å². The molecule has 4 heteroatoms. The molecule has 0 spiro atoms. The molecule has 0 heterocycles. The van der Waals surface area contributed by atoms with E-state index >= 15 is 0 Å². The number of nitrogens with two attached hydrogens (primary N) is 1. The first kappa shape index (κ1) is 13.9. The highest BCUT2D eigenvalue weighted by Crippen LogP contribution is 2.29. The van der Waals surface area contributed by atoms with Crippen LogP contribution in [0.3, 0.4) is 0 Å². The van der Waals surface area contributed by atoms with Crippen LogP contribution in [0.1, 0.15) is 28.4 Å². The van der Waals surface area contributed by atoms with Crippen LogP contribution in [0.5, 0.6) is 5.75 Å². The molecule has 0 aliphatic rings. The molecular weight excluding hydrogens is 254 g/mol. The topological polar surface area (TPSA) is 72.5 Å². The van der Waals surface area contributed by atoms with E-state index in [2.05, 4.69) is 0 Å². The number of rotatable bonds is 5. The Morgan fingerprint density at radius 2 is 1.95 bits per heavy atom. The average molecular weight is 271 g/mol. The Kier molecular flexibility index (Phi) is 4.25. The number of carboxylic acid groups (broad SMARTS) is 1. The maximum absolute atomic E-state index is 11.1. The van der Waals surface area contributed by atoms with E-state index < -0.39 is 5.97 Å². The van der Waals surface area contributed by atoms with Gasteiger partial charge in [-0.15, -0.1) is 0 Å². The molecule has 0 saturated heterocycles. The summed E-state index contributed by atoms with van der Waals surface area (Å²) >= 11 is 0. The molecule has 2 aromatic rings. The van der Waals surface area contributed by atoms with Gasteiger partial charge in [-0.2, -0.15) is 0 Å². The lowest BCUT2D eigenvalue weighted by atomic mass is 10.00. The summed E-state index contributed by atoms with van der Waals surface area (Å²) in [5.74, 6) is -0.474. The van der Waals surface area contributed by atoms with Crippen molar-refractivity contribution in [2.24, 2.45) is 0 Å². The molecule has 104 valence electrons. The Morgan fingerprint density at radius 3 is 2.55 bits per heavy atom. The minimum atomic E-state index is -1.01. The third-order valence-electron chi connectivity index (χ3n) is 3.01. The Labute approximate surface area is 117 Å². The molecule has 0 atom stereocenters. The van der Waals surface area contributed by atoms with Gasteiger partial charge < -0.3 is 15.6 Å². The number of nitrogen functional groups attached to an aromatic ring is 1. The lowest BCUT2D eigenvalue weighted by Crippen LogP contribution is -2.06. The van der Waals surface area contributed by atoms with Gasteiger partial charge in [0.2, 0.25) is 0 Å². The summed E-state index contributed by atoms with van der Waals surface area (Å²) in [6.45, 7) is 2.32. The van der Waals surface area contributed by atoms with Crippen molar-refractivity contribution in [3.05, 3.63) is 59.2 Å². The van der Waals surface area contributed by atoms with Crippen LogP contribution >= 0.6 is 0 Å². The van der Waals surface area contributed by atoms with Gasteiger partial charge in [-0.05, 0) is 24.6 Å². The van der Waals surface area contributed by atoms with Gasteiger partial charge in [-0.3, -0.25) is 0 Å². The van der Waals surface area contributed by atoms with Gasteiger partial charge in [0.05, 0.1) is 12.2 Å². The van der Waals surface area contributed by atoms with Crippen LogP contribution in [0, 0.1) is 0 Å². The zero-order chi connectivity index (χ0) is 14.5. The zero-order valence-electron chi connectivity index (χ0n) is 11.3. The largest absolute Gasteiger partial charge is 0.493 e. The van der Waals surface area contributed by atoms with E-state index in [0.717, 1.165) is 11.1 Å². The van der Waals surface area contributed by atoms with E-state index in [0.29, 0.717) is 24.5 Å². The molecule has 20 heavy (non-hydrogen) atoms. The summed E-state index contributed by atoms with van der Waals surface area (Å²) in [4.78, 5) is 11.1. The number of carboxylic acids is 1. The van der Waals surface area contributed by atoms with Crippen LogP contribution in [0.2, 0.25) is 0 Å². The molecule has 0 unspecified atom stereocenters. The highest BCUT2D eigenvalue weighted by Gasteiger charge is 2.14. The molecule has 0 aliphatic carbocycles. The van der Waals surface area contributed by atoms with Crippen molar-refractivity contribution in [2.45, 2.75) is 13.3 Å². The minimum Gasteiger partial charge on any atom is -0.493 e. The molecular formula is C16H17NO3. The highest BCUT2D eigenvalue weighted by molar-refractivity contribution is 5.90. The quantitative estimate of drug-likeness (QED) is 0.820. The summed E-state index contributed by atoms with van der Waals surface area (Å²) in [5.41, 5.74) is 8.50. The average Bonchev–Trinajstić information content (AvgIpc) is 2.43. The standard InChI is InChI=1S/C16H17NO3/c1-2-20-15-10-12(16(18)19)9-14(17)13(15)8-11-6-4-3-5-7-11/h3-7,9-10H,2,8,17H2,1H3,(H,18,19). The molecule has 4 nitrogen and oxygen atoms in total. The Hall–Kier alpha value is -2.49. The second-order valence-corrected chi connectivity index (χ2v) is 4.44. The predicted octanol–water partition coefficient (Wildman–Crippen LogP) is 2.96. The fraction of sp³-hybridized carbons (Fsp3) is 0.188. The molecule has 0 aliphatic heterocycles. The normalized spacial score (nSPS) is 10.2. The number of hydrogen-bond donors (Lipinski definition) is 2. The summed E-state index contributed by atoms with van der Waals surface area (Å²) < 4.78 is 5.54. The molecule has 0 fully saturated rings. The van der Waals surface area contributed by atoms with E-state index in [4.69, 9.17) is 15.6 Å². The summed E-state index contributed by atoms with van der Waals surface area (Å²) in [6.07, 6.45) is 0.613. The van der Waals surface area contributed by atoms with E-state index in [9.17, 15) is 4.79 Å². The number of anilines is 1. The molecule has 2 aromatic carbocycles. The minimum absolute atomic E-state index is 0.141. The Balaban J connectivity index is 2.43. The fourth-order valence-electron chi connectivity index (χ4n) is 2.06. The van der Waals surface area contributed by atoms with Crippen molar-refractivity contribution in [1.29, 1.82) is 0 Å². The summed E-state index contributed by atoms with van der Waals surface area (Å²) in [5, 5.41) is 9.07. The van der Waals surface area contributed by atoms with Crippen LogP contribution < -0.4 is 10.5 Å². The third-order valence-corrected chi connectivity index (χ3v) is 3.01. The monoisotopic (exact) mass is 271 g/mol. The van der Waals surface area contributed by atoms with E-state index in [1.807, 2.05) is 37.3 Å². The molecule has 0 saturated carbocycles. The first-order valence-electron chi connectivity index (χ1n) is 6.44. The second kappa shape index (κ2) is 6.10. The molecule has 0 radical (unpaired) electrons. The lowest BCUT2D eigenvalue weighted by Gasteiger charge is -2.14. The molecule has 0 bridgehead atoms. The Morgan fingerprint density at radius 1 is 1.25 bits per heavy atom. The van der Waals surface area contributed by atoms with Crippen LogP contribution in [0.4, 0.5) is 5.69 Å². The van der Waals surface area contributed by atoms with E-state index in [1.165, 1.54) is 12.1 Å². The number of hydrogen-bond acceptors (Lipinski definition) is 3. The number of aromatic carboxylic acids is 1. The molecule has 3 N–H and O–H groups in total. The number of benzene rings is 2. The summed E-state index contributed by atoms with van der Waals surface area (Å²) in [6, 6.07) is 12.9. The van der Waals surface area contributed by atoms with Gasteiger partial charge in [-0.1, -0.05) is 30.3 Å². The molecule has 2 rings (SSSR count). The van der Waals surface area contributed by atoms with Gasteiger partial charge >= 0.3 is 5.97 Å². The van der Waals surface area contributed by atoms with Gasteiger partial charge in [0.25, 0.3) is 0 Å².